The van der Waals surface area contributed by atoms with E-state index in [1.165, 1.54) is 49.8 Å². The molecule has 5 nitrogen and oxygen atoms in total. The van der Waals surface area contributed by atoms with Gasteiger partial charge in [0, 0.05) is 18.2 Å². The molecule has 0 radical (unpaired) electrons. The molecule has 142 valence electrons. The first kappa shape index (κ1) is 20.3. The molecular weight excluding hydrogens is 352 g/mol. The van der Waals surface area contributed by atoms with Crippen molar-refractivity contribution in [1.29, 1.82) is 0 Å². The van der Waals surface area contributed by atoms with E-state index in [9.17, 15) is 13.5 Å². The number of ether oxygens (including phenoxy) is 1. The predicted molar refractivity (Wildman–Crippen MR) is 102 cm³/mol. The number of rotatable bonds is 10. The fourth-order valence-corrected chi connectivity index (χ4v) is 3.27. The van der Waals surface area contributed by atoms with Crippen LogP contribution in [0.25, 0.3) is 0 Å². The van der Waals surface area contributed by atoms with Gasteiger partial charge in [-0.15, -0.1) is 0 Å². The first-order chi connectivity index (χ1) is 12.4. The molecule has 2 aromatic carbocycles. The first-order valence-electron chi connectivity index (χ1n) is 8.97. The summed E-state index contributed by atoms with van der Waals surface area (Å²) >= 11 is 0. The van der Waals surface area contributed by atoms with Crippen molar-refractivity contribution >= 4 is 10.1 Å². The highest BCUT2D eigenvalue weighted by Crippen LogP contribution is 2.29. The van der Waals surface area contributed by atoms with E-state index in [-0.39, 0.29) is 11.5 Å². The van der Waals surface area contributed by atoms with Gasteiger partial charge in [0.15, 0.2) is 0 Å². The Hall–Kier alpha value is -2.05. The second-order valence-corrected chi connectivity index (χ2v) is 7.82. The van der Waals surface area contributed by atoms with E-state index in [4.69, 9.17) is 9.29 Å². The summed E-state index contributed by atoms with van der Waals surface area (Å²) in [4.78, 5) is -0.410. The Morgan fingerprint density at radius 1 is 0.885 bits per heavy atom. The minimum Gasteiger partial charge on any atom is -0.508 e. The number of aryl methyl sites for hydroxylation is 1. The van der Waals surface area contributed by atoms with Crippen LogP contribution in [-0.2, 0) is 16.5 Å². The van der Waals surface area contributed by atoms with Gasteiger partial charge in [0.2, 0.25) is 0 Å². The summed E-state index contributed by atoms with van der Waals surface area (Å²) in [7, 11) is -4.41. The summed E-state index contributed by atoms with van der Waals surface area (Å²) in [5, 5.41) is 9.60. The van der Waals surface area contributed by atoms with Gasteiger partial charge in [0.05, 0.1) is 0 Å². The number of hydrogen-bond donors (Lipinski definition) is 2. The standard InChI is InChI=1S/C20H26O5S/c1-2-3-4-5-6-7-8-16-9-11-18(12-10-16)25-19-13-17(21)14-20(15-19)26(22,23)24/h9-15,21H,2-8H2,1H3,(H,22,23,24). The number of benzene rings is 2. The molecule has 0 saturated carbocycles. The smallest absolute Gasteiger partial charge is 0.294 e. The zero-order chi connectivity index (χ0) is 19.0. The van der Waals surface area contributed by atoms with Crippen molar-refractivity contribution in [3.8, 4) is 17.2 Å². The Kier molecular flexibility index (Phi) is 7.48. The Labute approximate surface area is 155 Å². The van der Waals surface area contributed by atoms with Gasteiger partial charge in [0.25, 0.3) is 10.1 Å². The van der Waals surface area contributed by atoms with Crippen LogP contribution in [0.5, 0.6) is 17.2 Å². The van der Waals surface area contributed by atoms with Gasteiger partial charge in [-0.2, -0.15) is 8.42 Å². The lowest BCUT2D eigenvalue weighted by atomic mass is 10.0. The Balaban J connectivity index is 1.92. The molecule has 6 heteroatoms. The predicted octanol–water partition coefficient (Wildman–Crippen LogP) is 5.33. The first-order valence-corrected chi connectivity index (χ1v) is 10.4. The van der Waals surface area contributed by atoms with E-state index in [1.54, 1.807) is 0 Å². The number of phenols is 1. The largest absolute Gasteiger partial charge is 0.508 e. The molecule has 0 aromatic heterocycles. The lowest BCUT2D eigenvalue weighted by molar-refractivity contribution is 0.447. The second-order valence-electron chi connectivity index (χ2n) is 6.40. The molecule has 0 bridgehead atoms. The average molecular weight is 378 g/mol. The van der Waals surface area contributed by atoms with Crippen LogP contribution in [0.2, 0.25) is 0 Å². The van der Waals surface area contributed by atoms with Gasteiger partial charge in [-0.05, 0) is 30.5 Å². The number of phenolic OH excluding ortho intramolecular Hbond substituents is 1. The quantitative estimate of drug-likeness (QED) is 0.431. The van der Waals surface area contributed by atoms with E-state index in [0.29, 0.717) is 5.75 Å². The second kappa shape index (κ2) is 9.59. The van der Waals surface area contributed by atoms with Gasteiger partial charge >= 0.3 is 0 Å². The molecule has 0 saturated heterocycles. The molecule has 2 aromatic rings. The highest BCUT2D eigenvalue weighted by Gasteiger charge is 2.13. The van der Waals surface area contributed by atoms with Crippen molar-refractivity contribution in [1.82, 2.24) is 0 Å². The summed E-state index contributed by atoms with van der Waals surface area (Å²) < 4.78 is 37.1. The number of hydrogen-bond acceptors (Lipinski definition) is 4. The maximum atomic E-state index is 11.2. The van der Waals surface area contributed by atoms with Crippen LogP contribution in [0.4, 0.5) is 0 Å². The Morgan fingerprint density at radius 3 is 2.19 bits per heavy atom. The summed E-state index contributed by atoms with van der Waals surface area (Å²) in [6, 6.07) is 11.0. The minimum atomic E-state index is -4.41. The van der Waals surface area contributed by atoms with Crippen LogP contribution in [0.3, 0.4) is 0 Å². The van der Waals surface area contributed by atoms with Crippen LogP contribution in [0.1, 0.15) is 51.0 Å². The molecule has 0 aliphatic heterocycles. The zero-order valence-electron chi connectivity index (χ0n) is 15.0. The highest BCUT2D eigenvalue weighted by atomic mass is 32.2. The minimum absolute atomic E-state index is 0.140. The maximum absolute atomic E-state index is 11.2. The van der Waals surface area contributed by atoms with E-state index in [0.717, 1.165) is 18.9 Å². The molecule has 0 aliphatic carbocycles. The van der Waals surface area contributed by atoms with Crippen molar-refractivity contribution < 1.29 is 22.8 Å². The average Bonchev–Trinajstić information content (AvgIpc) is 2.58. The fraction of sp³-hybridized carbons (Fsp3) is 0.400. The van der Waals surface area contributed by atoms with Gasteiger partial charge in [-0.25, -0.2) is 0 Å². The third-order valence-electron chi connectivity index (χ3n) is 4.14. The van der Waals surface area contributed by atoms with Gasteiger partial charge < -0.3 is 9.84 Å². The van der Waals surface area contributed by atoms with Gasteiger partial charge in [-0.1, -0.05) is 51.2 Å². The fourth-order valence-electron chi connectivity index (χ4n) is 2.73. The van der Waals surface area contributed by atoms with Crippen molar-refractivity contribution in [2.45, 2.75) is 56.8 Å². The van der Waals surface area contributed by atoms with E-state index < -0.39 is 15.0 Å². The molecule has 0 unspecified atom stereocenters. The van der Waals surface area contributed by atoms with Crippen LogP contribution in [0, 0.1) is 0 Å². The molecule has 0 spiro atoms. The van der Waals surface area contributed by atoms with Crippen LogP contribution in [0.15, 0.2) is 47.4 Å². The van der Waals surface area contributed by atoms with E-state index in [2.05, 4.69) is 6.92 Å². The SMILES string of the molecule is CCCCCCCCc1ccc(Oc2cc(O)cc(S(=O)(=O)O)c2)cc1. The number of unbranched alkanes of at least 4 members (excludes halogenated alkanes) is 5. The molecule has 0 atom stereocenters. The molecular formula is C20H26O5S. The third kappa shape index (κ3) is 6.69. The molecule has 26 heavy (non-hydrogen) atoms. The van der Waals surface area contributed by atoms with Crippen molar-refractivity contribution in [3.63, 3.8) is 0 Å². The topological polar surface area (TPSA) is 83.8 Å². The molecule has 0 fully saturated rings. The Bertz CT molecular complexity index is 797. The van der Waals surface area contributed by atoms with E-state index in [1.807, 2.05) is 24.3 Å². The summed E-state index contributed by atoms with van der Waals surface area (Å²) in [5.41, 5.74) is 1.22. The molecule has 2 N–H and O–H groups in total. The lowest BCUT2D eigenvalue weighted by Crippen LogP contribution is -1.98. The summed E-state index contributed by atoms with van der Waals surface area (Å²) in [6.07, 6.45) is 8.56. The lowest BCUT2D eigenvalue weighted by Gasteiger charge is -2.09. The van der Waals surface area contributed by atoms with Crippen molar-refractivity contribution in [2.24, 2.45) is 0 Å². The molecule has 0 amide bonds. The van der Waals surface area contributed by atoms with Crippen LogP contribution >= 0.6 is 0 Å². The third-order valence-corrected chi connectivity index (χ3v) is 4.97. The zero-order valence-corrected chi connectivity index (χ0v) is 15.8. The highest BCUT2D eigenvalue weighted by molar-refractivity contribution is 7.85. The monoisotopic (exact) mass is 378 g/mol. The van der Waals surface area contributed by atoms with Crippen molar-refractivity contribution in [2.75, 3.05) is 0 Å². The molecule has 2 rings (SSSR count). The maximum Gasteiger partial charge on any atom is 0.294 e. The van der Waals surface area contributed by atoms with Crippen LogP contribution in [-0.4, -0.2) is 18.1 Å². The normalized spacial score (nSPS) is 11.5. The summed E-state index contributed by atoms with van der Waals surface area (Å²) in [6.45, 7) is 2.21. The van der Waals surface area contributed by atoms with E-state index >= 15 is 0 Å². The van der Waals surface area contributed by atoms with Crippen LogP contribution < -0.4 is 4.74 Å². The molecule has 0 aliphatic rings. The van der Waals surface area contributed by atoms with Crippen molar-refractivity contribution in [3.05, 3.63) is 48.0 Å². The van der Waals surface area contributed by atoms with Gasteiger partial charge in [0.1, 0.15) is 22.1 Å². The summed E-state index contributed by atoms with van der Waals surface area (Å²) in [5.74, 6) is 0.375. The molecule has 0 heterocycles. The Morgan fingerprint density at radius 2 is 1.54 bits per heavy atom. The number of aromatic hydroxyl groups is 1. The van der Waals surface area contributed by atoms with Gasteiger partial charge in [-0.3, -0.25) is 4.55 Å².